The van der Waals surface area contributed by atoms with Crippen molar-refractivity contribution in [3.05, 3.63) is 0 Å². The highest BCUT2D eigenvalue weighted by Crippen LogP contribution is 2.17. The summed E-state index contributed by atoms with van der Waals surface area (Å²) in [5.74, 6) is -1.19. The number of ether oxygens (including phenoxy) is 1. The number of aliphatic hydroxyl groups is 1. The Kier molecular flexibility index (Phi) is 6.57. The van der Waals surface area contributed by atoms with E-state index in [4.69, 9.17) is 9.84 Å². The van der Waals surface area contributed by atoms with E-state index >= 15 is 0 Å². The number of carbonyl (C=O) groups excluding carboxylic acids is 2. The van der Waals surface area contributed by atoms with Crippen LogP contribution in [0.2, 0.25) is 0 Å². The maximum absolute atomic E-state index is 11.4. The molecule has 0 aromatic carbocycles. The van der Waals surface area contributed by atoms with Crippen LogP contribution in [-0.2, 0) is 14.3 Å². The Bertz CT molecular complexity index is 252. The molecule has 0 unspecified atom stereocenters. The van der Waals surface area contributed by atoms with Gasteiger partial charge in [0.15, 0.2) is 0 Å². The molecule has 17 heavy (non-hydrogen) atoms. The second-order valence-corrected chi connectivity index (χ2v) is 4.05. The van der Waals surface area contributed by atoms with E-state index in [1.807, 2.05) is 0 Å². The Balaban J connectivity index is 2.07. The van der Waals surface area contributed by atoms with Gasteiger partial charge in [0.1, 0.15) is 0 Å². The van der Waals surface area contributed by atoms with Gasteiger partial charge >= 0.3 is 11.8 Å². The topological polar surface area (TPSA) is 87.7 Å². The van der Waals surface area contributed by atoms with Crippen LogP contribution in [0.3, 0.4) is 0 Å². The van der Waals surface area contributed by atoms with Gasteiger partial charge in [0.2, 0.25) is 0 Å². The fourth-order valence-corrected chi connectivity index (χ4v) is 1.80. The van der Waals surface area contributed by atoms with Crippen molar-refractivity contribution in [3.63, 3.8) is 0 Å². The Morgan fingerprint density at radius 1 is 1.18 bits per heavy atom. The van der Waals surface area contributed by atoms with Gasteiger partial charge in [-0.2, -0.15) is 0 Å². The lowest BCUT2D eigenvalue weighted by atomic mass is 10.2. The first-order valence-corrected chi connectivity index (χ1v) is 6.01. The van der Waals surface area contributed by atoms with E-state index < -0.39 is 11.8 Å². The van der Waals surface area contributed by atoms with E-state index in [0.717, 1.165) is 25.7 Å². The van der Waals surface area contributed by atoms with Gasteiger partial charge in [-0.05, 0) is 12.8 Å². The molecule has 6 nitrogen and oxygen atoms in total. The molecule has 0 aliphatic heterocycles. The number of carbonyl (C=O) groups is 2. The molecule has 1 saturated carbocycles. The molecule has 1 rings (SSSR count). The lowest BCUT2D eigenvalue weighted by molar-refractivity contribution is -0.139. The van der Waals surface area contributed by atoms with Crippen LogP contribution in [0.15, 0.2) is 0 Å². The molecule has 6 heteroatoms. The van der Waals surface area contributed by atoms with Crippen molar-refractivity contribution in [2.45, 2.75) is 31.7 Å². The van der Waals surface area contributed by atoms with Crippen molar-refractivity contribution < 1.29 is 19.4 Å². The first kappa shape index (κ1) is 13.9. The number of rotatable bonds is 6. The van der Waals surface area contributed by atoms with Crippen molar-refractivity contribution in [2.75, 3.05) is 26.4 Å². The number of nitrogens with one attached hydrogen (secondary N) is 2. The van der Waals surface area contributed by atoms with Crippen LogP contribution in [0, 0.1) is 0 Å². The van der Waals surface area contributed by atoms with Crippen LogP contribution < -0.4 is 10.6 Å². The second kappa shape index (κ2) is 8.03. The van der Waals surface area contributed by atoms with Crippen molar-refractivity contribution in [2.24, 2.45) is 0 Å². The van der Waals surface area contributed by atoms with Crippen molar-refractivity contribution in [3.8, 4) is 0 Å². The third kappa shape index (κ3) is 5.65. The smallest absolute Gasteiger partial charge is 0.309 e. The molecule has 1 fully saturated rings. The SMILES string of the molecule is O=C(NCCOCCO)C(=O)NC1CCCC1. The number of aliphatic hydroxyl groups excluding tert-OH is 1. The summed E-state index contributed by atoms with van der Waals surface area (Å²) in [6, 6.07) is 0.152. The summed E-state index contributed by atoms with van der Waals surface area (Å²) in [6.07, 6.45) is 4.14. The summed E-state index contributed by atoms with van der Waals surface area (Å²) in [7, 11) is 0. The molecule has 0 bridgehead atoms. The van der Waals surface area contributed by atoms with Crippen LogP contribution in [0.5, 0.6) is 0 Å². The molecule has 0 radical (unpaired) electrons. The van der Waals surface area contributed by atoms with Gasteiger partial charge in [0, 0.05) is 12.6 Å². The second-order valence-electron chi connectivity index (χ2n) is 4.05. The minimum Gasteiger partial charge on any atom is -0.394 e. The average molecular weight is 244 g/mol. The van der Waals surface area contributed by atoms with Gasteiger partial charge in [-0.15, -0.1) is 0 Å². The minimum atomic E-state index is -0.621. The average Bonchev–Trinajstić information content (AvgIpc) is 2.81. The van der Waals surface area contributed by atoms with Gasteiger partial charge in [0.05, 0.1) is 19.8 Å². The molecule has 1 aliphatic rings. The first-order chi connectivity index (χ1) is 8.24. The zero-order valence-corrected chi connectivity index (χ0v) is 9.91. The highest BCUT2D eigenvalue weighted by Gasteiger charge is 2.20. The van der Waals surface area contributed by atoms with E-state index in [1.54, 1.807) is 0 Å². The van der Waals surface area contributed by atoms with Gasteiger partial charge in [-0.1, -0.05) is 12.8 Å². The lowest BCUT2D eigenvalue weighted by Gasteiger charge is -2.11. The van der Waals surface area contributed by atoms with Crippen LogP contribution in [0.25, 0.3) is 0 Å². The number of amides is 2. The summed E-state index contributed by atoms with van der Waals surface area (Å²) in [5, 5.41) is 13.6. The molecular weight excluding hydrogens is 224 g/mol. The van der Waals surface area contributed by atoms with E-state index in [-0.39, 0.29) is 25.8 Å². The third-order valence-corrected chi connectivity index (χ3v) is 2.66. The Hall–Kier alpha value is -1.14. The molecule has 0 atom stereocenters. The maximum Gasteiger partial charge on any atom is 0.309 e. The molecule has 0 saturated heterocycles. The molecule has 98 valence electrons. The zero-order valence-electron chi connectivity index (χ0n) is 9.91. The summed E-state index contributed by atoms with van der Waals surface area (Å²) < 4.78 is 4.95. The fraction of sp³-hybridized carbons (Fsp3) is 0.818. The van der Waals surface area contributed by atoms with Crippen LogP contribution in [0.1, 0.15) is 25.7 Å². The first-order valence-electron chi connectivity index (χ1n) is 6.01. The highest BCUT2D eigenvalue weighted by molar-refractivity contribution is 6.35. The van der Waals surface area contributed by atoms with Gasteiger partial charge in [-0.3, -0.25) is 9.59 Å². The molecule has 2 amide bonds. The Morgan fingerprint density at radius 3 is 2.53 bits per heavy atom. The van der Waals surface area contributed by atoms with Crippen LogP contribution >= 0.6 is 0 Å². The van der Waals surface area contributed by atoms with Gasteiger partial charge in [0.25, 0.3) is 0 Å². The number of hydrogen-bond donors (Lipinski definition) is 3. The predicted octanol–water partition coefficient (Wildman–Crippen LogP) is -0.830. The largest absolute Gasteiger partial charge is 0.394 e. The lowest BCUT2D eigenvalue weighted by Crippen LogP contribution is -2.44. The van der Waals surface area contributed by atoms with Crippen LogP contribution in [0.4, 0.5) is 0 Å². The zero-order chi connectivity index (χ0) is 12.5. The molecule has 0 spiro atoms. The molecule has 0 heterocycles. The monoisotopic (exact) mass is 244 g/mol. The molecule has 0 aromatic heterocycles. The quantitative estimate of drug-likeness (QED) is 0.420. The van der Waals surface area contributed by atoms with Crippen molar-refractivity contribution in [1.82, 2.24) is 10.6 Å². The Labute approximate surface area is 101 Å². The summed E-state index contributed by atoms with van der Waals surface area (Å²) in [5.41, 5.74) is 0. The van der Waals surface area contributed by atoms with Gasteiger partial charge < -0.3 is 20.5 Å². The van der Waals surface area contributed by atoms with E-state index in [0.29, 0.717) is 6.61 Å². The van der Waals surface area contributed by atoms with Gasteiger partial charge in [-0.25, -0.2) is 0 Å². The molecule has 3 N–H and O–H groups in total. The fourth-order valence-electron chi connectivity index (χ4n) is 1.80. The molecular formula is C11H20N2O4. The highest BCUT2D eigenvalue weighted by atomic mass is 16.5. The van der Waals surface area contributed by atoms with E-state index in [1.165, 1.54) is 0 Å². The summed E-state index contributed by atoms with van der Waals surface area (Å²) in [4.78, 5) is 22.8. The maximum atomic E-state index is 11.4. The normalized spacial score (nSPS) is 15.8. The molecule has 0 aromatic rings. The third-order valence-electron chi connectivity index (χ3n) is 2.66. The van der Waals surface area contributed by atoms with Crippen LogP contribution in [-0.4, -0.2) is 49.3 Å². The predicted molar refractivity (Wildman–Crippen MR) is 61.3 cm³/mol. The summed E-state index contributed by atoms with van der Waals surface area (Å²) in [6.45, 7) is 0.764. The van der Waals surface area contributed by atoms with Crippen molar-refractivity contribution in [1.29, 1.82) is 0 Å². The molecule has 1 aliphatic carbocycles. The van der Waals surface area contributed by atoms with E-state index in [9.17, 15) is 9.59 Å². The standard InChI is InChI=1S/C11H20N2O4/c14-6-8-17-7-5-12-10(15)11(16)13-9-3-1-2-4-9/h9,14H,1-8H2,(H,12,15)(H,13,16). The van der Waals surface area contributed by atoms with E-state index in [2.05, 4.69) is 10.6 Å². The Morgan fingerprint density at radius 2 is 1.88 bits per heavy atom. The minimum absolute atomic E-state index is 0.0455. The van der Waals surface area contributed by atoms with Crippen molar-refractivity contribution >= 4 is 11.8 Å². The summed E-state index contributed by atoms with van der Waals surface area (Å²) >= 11 is 0. The number of hydrogen-bond acceptors (Lipinski definition) is 4.